The molecule has 0 aromatic heterocycles. The van der Waals surface area contributed by atoms with Crippen molar-refractivity contribution in [2.75, 3.05) is 12.0 Å². The van der Waals surface area contributed by atoms with Crippen LogP contribution < -0.4 is 5.73 Å². The van der Waals surface area contributed by atoms with Crippen LogP contribution in [0.4, 0.5) is 10.1 Å². The maximum Gasteiger partial charge on any atom is 0.175 e. The number of rotatable bonds is 2. The van der Waals surface area contributed by atoms with Gasteiger partial charge in [0, 0.05) is 17.5 Å². The average Bonchev–Trinajstić information content (AvgIpc) is 2.54. The minimum atomic E-state index is -3.25. The molecule has 4 nitrogen and oxygen atoms in total. The molecule has 0 fully saturated rings. The molecule has 2 N–H and O–H groups in total. The molecule has 0 spiro atoms. The molecule has 0 aliphatic rings. The van der Waals surface area contributed by atoms with Gasteiger partial charge in [-0.2, -0.15) is 0 Å². The fourth-order valence-corrected chi connectivity index (χ4v) is 3.02. The van der Waals surface area contributed by atoms with Crippen LogP contribution in [0.5, 0.6) is 0 Å². The van der Waals surface area contributed by atoms with Crippen LogP contribution in [0.1, 0.15) is 17.3 Å². The fourth-order valence-electron chi connectivity index (χ4n) is 2.36. The minimum absolute atomic E-state index is 0.134. The van der Waals surface area contributed by atoms with Crippen molar-refractivity contribution in [2.24, 2.45) is 0 Å². The predicted octanol–water partition coefficient (Wildman–Crippen LogP) is 3.85. The van der Waals surface area contributed by atoms with Gasteiger partial charge >= 0.3 is 0 Å². The zero-order valence-electron chi connectivity index (χ0n) is 13.9. The summed E-state index contributed by atoms with van der Waals surface area (Å²) in [5, 5.41) is 1.37. The number of carbonyl (C=O) groups excluding carboxylic acids is 1. The van der Waals surface area contributed by atoms with Gasteiger partial charge in [-0.3, -0.25) is 4.79 Å². The molecular weight excluding hydrogens is 341 g/mol. The summed E-state index contributed by atoms with van der Waals surface area (Å²) >= 11 is 0. The molecule has 3 aromatic rings. The quantitative estimate of drug-likeness (QED) is 0.557. The van der Waals surface area contributed by atoms with E-state index in [-0.39, 0.29) is 16.5 Å². The lowest BCUT2D eigenvalue weighted by molar-refractivity contribution is 0.102. The first-order valence-corrected chi connectivity index (χ1v) is 9.33. The first-order chi connectivity index (χ1) is 11.7. The molecule has 0 aliphatic heterocycles. The van der Waals surface area contributed by atoms with E-state index in [1.165, 1.54) is 25.1 Å². The summed E-state index contributed by atoms with van der Waals surface area (Å²) in [4.78, 5) is 11.8. The van der Waals surface area contributed by atoms with E-state index in [1.54, 1.807) is 42.5 Å². The summed E-state index contributed by atoms with van der Waals surface area (Å²) in [5.41, 5.74) is 6.61. The van der Waals surface area contributed by atoms with Gasteiger partial charge in [0.05, 0.1) is 4.90 Å². The summed E-state index contributed by atoms with van der Waals surface area (Å²) in [5.74, 6) is -0.312. The van der Waals surface area contributed by atoms with Crippen molar-refractivity contribution in [1.29, 1.82) is 0 Å². The van der Waals surface area contributed by atoms with Crippen molar-refractivity contribution in [3.63, 3.8) is 0 Å². The molecule has 0 saturated carbocycles. The number of halogens is 1. The number of nitrogens with two attached hydrogens (primary N) is 1. The highest BCUT2D eigenvalue weighted by atomic mass is 32.2. The molecule has 0 radical (unpaired) electrons. The fraction of sp³-hybridized carbons (Fsp3) is 0.105. The number of sulfone groups is 1. The summed E-state index contributed by atoms with van der Waals surface area (Å²) in [6, 6.07) is 15.9. The van der Waals surface area contributed by atoms with Gasteiger partial charge in [-0.15, -0.1) is 0 Å². The number of Topliss-reactive ketones (excluding diaryl/α,β-unsaturated/α-hetero) is 1. The third-order valence-electron chi connectivity index (χ3n) is 3.54. The number of carbonyl (C=O) groups is 1. The highest BCUT2D eigenvalue weighted by molar-refractivity contribution is 7.90. The Morgan fingerprint density at radius 1 is 1.00 bits per heavy atom. The Bertz CT molecular complexity index is 1020. The number of nitrogen functional groups attached to an aromatic ring is 1. The normalized spacial score (nSPS) is 10.8. The number of hydrogen-bond donors (Lipinski definition) is 1. The molecule has 0 bridgehead atoms. The first-order valence-electron chi connectivity index (χ1n) is 7.44. The van der Waals surface area contributed by atoms with Crippen molar-refractivity contribution < 1.29 is 17.6 Å². The van der Waals surface area contributed by atoms with E-state index < -0.39 is 9.84 Å². The van der Waals surface area contributed by atoms with E-state index in [1.807, 2.05) is 0 Å². The van der Waals surface area contributed by atoms with Gasteiger partial charge in [0.15, 0.2) is 15.6 Å². The third kappa shape index (κ3) is 4.64. The Morgan fingerprint density at radius 2 is 1.64 bits per heavy atom. The van der Waals surface area contributed by atoms with Crippen molar-refractivity contribution >= 4 is 32.1 Å². The molecule has 0 unspecified atom stereocenters. The van der Waals surface area contributed by atoms with E-state index in [0.29, 0.717) is 22.0 Å². The lowest BCUT2D eigenvalue weighted by atomic mass is 10.0. The first kappa shape index (κ1) is 18.6. The zero-order valence-corrected chi connectivity index (χ0v) is 14.7. The Kier molecular flexibility index (Phi) is 5.54. The van der Waals surface area contributed by atoms with Crippen LogP contribution in [-0.2, 0) is 9.84 Å². The van der Waals surface area contributed by atoms with Crippen molar-refractivity contribution in [3.8, 4) is 0 Å². The Morgan fingerprint density at radius 3 is 2.12 bits per heavy atom. The van der Waals surface area contributed by atoms with Crippen LogP contribution in [0, 0.1) is 5.82 Å². The largest absolute Gasteiger partial charge is 0.398 e. The van der Waals surface area contributed by atoms with E-state index >= 15 is 0 Å². The lowest BCUT2D eigenvalue weighted by Crippen LogP contribution is -2.02. The summed E-state index contributed by atoms with van der Waals surface area (Å²) in [6.07, 6.45) is 1.15. The maximum atomic E-state index is 11.9. The van der Waals surface area contributed by atoms with Gasteiger partial charge in [-0.25, -0.2) is 12.8 Å². The van der Waals surface area contributed by atoms with Crippen molar-refractivity contribution in [3.05, 3.63) is 72.0 Å². The summed E-state index contributed by atoms with van der Waals surface area (Å²) < 4.78 is 34.8. The second-order valence-electron chi connectivity index (χ2n) is 5.54. The Hall–Kier alpha value is -2.73. The monoisotopic (exact) mass is 359 g/mol. The second-order valence-corrected chi connectivity index (χ2v) is 7.55. The molecule has 6 heteroatoms. The molecule has 0 atom stereocenters. The molecule has 0 heterocycles. The van der Waals surface area contributed by atoms with Crippen molar-refractivity contribution in [2.45, 2.75) is 11.8 Å². The van der Waals surface area contributed by atoms with E-state index in [9.17, 15) is 17.6 Å². The zero-order chi connectivity index (χ0) is 18.6. The van der Waals surface area contributed by atoms with Gasteiger partial charge in [0.25, 0.3) is 0 Å². The third-order valence-corrected chi connectivity index (χ3v) is 4.65. The standard InChI is InChI=1S/C13H13NO3S.C6H5F/c1-8(15)13-11-5-4-10(18(2,16)17)7-9(11)3-6-12(13)14;7-6-4-2-1-3-5-6/h3-7H,14H2,1-2H3;1-5H. The Balaban J connectivity index is 0.000000269. The van der Waals surface area contributed by atoms with Gasteiger partial charge in [-0.1, -0.05) is 30.3 Å². The van der Waals surface area contributed by atoms with Crippen LogP contribution in [0.2, 0.25) is 0 Å². The van der Waals surface area contributed by atoms with Crippen molar-refractivity contribution in [1.82, 2.24) is 0 Å². The SMILES string of the molecule is CC(=O)c1c(N)ccc2cc(S(C)(=O)=O)ccc12.Fc1ccccc1. The smallest absolute Gasteiger partial charge is 0.175 e. The minimum Gasteiger partial charge on any atom is -0.398 e. The molecule has 0 amide bonds. The van der Waals surface area contributed by atoms with Gasteiger partial charge in [0.2, 0.25) is 0 Å². The predicted molar refractivity (Wildman–Crippen MR) is 97.9 cm³/mol. The molecule has 3 rings (SSSR count). The number of benzene rings is 3. The van der Waals surface area contributed by atoms with Gasteiger partial charge in [-0.05, 0) is 48.0 Å². The molecule has 3 aromatic carbocycles. The van der Waals surface area contributed by atoms with Crippen LogP contribution in [0.25, 0.3) is 10.8 Å². The maximum absolute atomic E-state index is 11.9. The summed E-state index contributed by atoms with van der Waals surface area (Å²) in [6.45, 7) is 1.44. The second kappa shape index (κ2) is 7.44. The number of fused-ring (bicyclic) bond motifs is 1. The topological polar surface area (TPSA) is 77.2 Å². The van der Waals surface area contributed by atoms with Gasteiger partial charge in [0.1, 0.15) is 5.82 Å². The van der Waals surface area contributed by atoms with Crippen LogP contribution in [0.15, 0.2) is 65.6 Å². The van der Waals surface area contributed by atoms with Crippen LogP contribution in [-0.4, -0.2) is 20.5 Å². The van der Waals surface area contributed by atoms with E-state index in [2.05, 4.69) is 0 Å². The van der Waals surface area contributed by atoms with E-state index in [0.717, 1.165) is 6.26 Å². The molecule has 0 aliphatic carbocycles. The average molecular weight is 359 g/mol. The molecular formula is C19H18FNO3S. The highest BCUT2D eigenvalue weighted by Crippen LogP contribution is 2.27. The molecule has 0 saturated heterocycles. The molecule has 130 valence electrons. The van der Waals surface area contributed by atoms with E-state index in [4.69, 9.17) is 5.73 Å². The van der Waals surface area contributed by atoms with Crippen LogP contribution >= 0.6 is 0 Å². The lowest BCUT2D eigenvalue weighted by Gasteiger charge is -2.08. The van der Waals surface area contributed by atoms with Gasteiger partial charge < -0.3 is 5.73 Å². The summed E-state index contributed by atoms with van der Waals surface area (Å²) in [7, 11) is -3.25. The number of hydrogen-bond acceptors (Lipinski definition) is 4. The highest BCUT2D eigenvalue weighted by Gasteiger charge is 2.13. The number of ketones is 1. The number of anilines is 1. The molecule has 25 heavy (non-hydrogen) atoms. The van der Waals surface area contributed by atoms with Crippen LogP contribution in [0.3, 0.4) is 0 Å². The Labute approximate surface area is 146 Å².